The molecule has 0 amide bonds. The van der Waals surface area contributed by atoms with E-state index in [0.717, 1.165) is 6.54 Å². The largest absolute Gasteiger partial charge is 0.349 e. The Balaban J connectivity index is 2.72. The predicted octanol–water partition coefficient (Wildman–Crippen LogP) is 3.16. The first-order valence-corrected chi connectivity index (χ1v) is 6.53. The van der Waals surface area contributed by atoms with Gasteiger partial charge in [-0.05, 0) is 23.0 Å². The van der Waals surface area contributed by atoms with E-state index in [-0.39, 0.29) is 22.3 Å². The van der Waals surface area contributed by atoms with E-state index in [1.807, 2.05) is 0 Å². The first-order chi connectivity index (χ1) is 7.62. The van der Waals surface area contributed by atoms with Crippen molar-refractivity contribution in [2.75, 3.05) is 0 Å². The van der Waals surface area contributed by atoms with Crippen molar-refractivity contribution >= 4 is 0 Å². The summed E-state index contributed by atoms with van der Waals surface area (Å²) in [5.41, 5.74) is 8.30. The maximum atomic E-state index is 6.56. The molecule has 2 heterocycles. The van der Waals surface area contributed by atoms with E-state index in [9.17, 15) is 0 Å². The first-order valence-electron chi connectivity index (χ1n) is 6.53. The van der Waals surface area contributed by atoms with Gasteiger partial charge in [0, 0.05) is 29.9 Å². The molecular formula is C15H26N2. The van der Waals surface area contributed by atoms with Crippen LogP contribution in [0.3, 0.4) is 0 Å². The highest BCUT2D eigenvalue weighted by molar-refractivity contribution is 5.33. The number of hydrogen-bond donors (Lipinski definition) is 1. The van der Waals surface area contributed by atoms with Gasteiger partial charge < -0.3 is 10.3 Å². The van der Waals surface area contributed by atoms with Gasteiger partial charge >= 0.3 is 0 Å². The molecule has 0 saturated carbocycles. The molecule has 17 heavy (non-hydrogen) atoms. The Bertz CT molecular complexity index is 401. The van der Waals surface area contributed by atoms with Crippen molar-refractivity contribution in [2.24, 2.45) is 16.6 Å². The fraction of sp³-hybridized carbons (Fsp3) is 0.733. The van der Waals surface area contributed by atoms with Gasteiger partial charge in [0.2, 0.25) is 0 Å². The van der Waals surface area contributed by atoms with Crippen LogP contribution in [0.2, 0.25) is 0 Å². The van der Waals surface area contributed by atoms with Gasteiger partial charge in [-0.2, -0.15) is 0 Å². The lowest BCUT2D eigenvalue weighted by atomic mass is 9.50. The van der Waals surface area contributed by atoms with E-state index < -0.39 is 0 Å². The molecule has 1 aliphatic rings. The minimum atomic E-state index is 0.0312. The van der Waals surface area contributed by atoms with Gasteiger partial charge in [-0.25, -0.2) is 0 Å². The van der Waals surface area contributed by atoms with Gasteiger partial charge in [0.05, 0.1) is 0 Å². The van der Waals surface area contributed by atoms with Crippen LogP contribution < -0.4 is 5.73 Å². The van der Waals surface area contributed by atoms with E-state index in [4.69, 9.17) is 5.73 Å². The maximum absolute atomic E-state index is 6.56. The quantitative estimate of drug-likeness (QED) is 0.734. The molecule has 2 nitrogen and oxygen atoms in total. The van der Waals surface area contributed by atoms with Crippen LogP contribution in [0.4, 0.5) is 0 Å². The van der Waals surface area contributed by atoms with Crippen molar-refractivity contribution in [1.82, 2.24) is 4.57 Å². The lowest BCUT2D eigenvalue weighted by Gasteiger charge is -2.53. The summed E-state index contributed by atoms with van der Waals surface area (Å²) in [7, 11) is 0. The summed E-state index contributed by atoms with van der Waals surface area (Å²) >= 11 is 0. The van der Waals surface area contributed by atoms with Crippen LogP contribution in [0.15, 0.2) is 18.3 Å². The van der Waals surface area contributed by atoms with Gasteiger partial charge in [0.25, 0.3) is 0 Å². The zero-order valence-electron chi connectivity index (χ0n) is 12.0. The van der Waals surface area contributed by atoms with E-state index >= 15 is 0 Å². The molecule has 0 aromatic carbocycles. The van der Waals surface area contributed by atoms with Crippen LogP contribution in [0.5, 0.6) is 0 Å². The Kier molecular flexibility index (Phi) is 2.52. The summed E-state index contributed by atoms with van der Waals surface area (Å²) < 4.78 is 2.33. The second-order valence-corrected chi connectivity index (χ2v) is 7.46. The lowest BCUT2D eigenvalue weighted by Crippen LogP contribution is -2.59. The molecule has 2 heteroatoms. The number of rotatable bonds is 0. The Hall–Kier alpha value is -0.760. The van der Waals surface area contributed by atoms with Gasteiger partial charge in [-0.15, -0.1) is 0 Å². The molecular weight excluding hydrogens is 208 g/mol. The highest BCUT2D eigenvalue weighted by Gasteiger charge is 2.59. The number of nitrogens with two attached hydrogens (primary N) is 1. The van der Waals surface area contributed by atoms with Crippen molar-refractivity contribution < 1.29 is 0 Å². The topological polar surface area (TPSA) is 30.9 Å². The van der Waals surface area contributed by atoms with Gasteiger partial charge in [-0.3, -0.25) is 0 Å². The van der Waals surface area contributed by atoms with Crippen LogP contribution in [0.25, 0.3) is 0 Å². The molecule has 0 spiro atoms. The Morgan fingerprint density at radius 3 is 2.18 bits per heavy atom. The fourth-order valence-corrected chi connectivity index (χ4v) is 4.48. The summed E-state index contributed by atoms with van der Waals surface area (Å²) in [6.45, 7) is 14.9. The predicted molar refractivity (Wildman–Crippen MR) is 73.0 cm³/mol. The summed E-state index contributed by atoms with van der Waals surface area (Å²) in [5, 5.41) is 0. The third-order valence-corrected chi connectivity index (χ3v) is 4.55. The molecule has 96 valence electrons. The zero-order chi connectivity index (χ0) is 13.1. The minimum Gasteiger partial charge on any atom is -0.349 e. The average molecular weight is 234 g/mol. The van der Waals surface area contributed by atoms with E-state index in [1.165, 1.54) is 5.69 Å². The lowest BCUT2D eigenvalue weighted by molar-refractivity contribution is 0.0364. The van der Waals surface area contributed by atoms with Crippen LogP contribution in [-0.4, -0.2) is 10.6 Å². The highest BCUT2D eigenvalue weighted by Crippen LogP contribution is 2.57. The molecule has 1 aromatic rings. The molecule has 0 fully saturated rings. The molecule has 0 saturated heterocycles. The molecule has 1 unspecified atom stereocenters. The van der Waals surface area contributed by atoms with Gasteiger partial charge in [0.15, 0.2) is 0 Å². The zero-order valence-corrected chi connectivity index (χ0v) is 12.0. The van der Waals surface area contributed by atoms with Crippen LogP contribution in [0.1, 0.15) is 47.2 Å². The molecule has 2 rings (SSSR count). The van der Waals surface area contributed by atoms with Crippen LogP contribution in [0, 0.1) is 10.8 Å². The fourth-order valence-electron chi connectivity index (χ4n) is 4.48. The van der Waals surface area contributed by atoms with E-state index in [1.54, 1.807) is 0 Å². The molecule has 2 N–H and O–H groups in total. The summed E-state index contributed by atoms with van der Waals surface area (Å²) in [4.78, 5) is 0. The second-order valence-electron chi connectivity index (χ2n) is 7.46. The number of aromatic nitrogens is 1. The monoisotopic (exact) mass is 234 g/mol. The average Bonchev–Trinajstić information content (AvgIpc) is 2.56. The Morgan fingerprint density at radius 1 is 1.18 bits per heavy atom. The number of hydrogen-bond acceptors (Lipinski definition) is 1. The second kappa shape index (κ2) is 3.38. The maximum Gasteiger partial charge on any atom is 0.0384 e. The van der Waals surface area contributed by atoms with Crippen molar-refractivity contribution in [1.29, 1.82) is 0 Å². The van der Waals surface area contributed by atoms with E-state index in [2.05, 4.69) is 64.4 Å². The molecule has 1 aromatic heterocycles. The molecule has 0 radical (unpaired) electrons. The van der Waals surface area contributed by atoms with Crippen molar-refractivity contribution in [2.45, 2.75) is 59.5 Å². The van der Waals surface area contributed by atoms with Crippen LogP contribution >= 0.6 is 0 Å². The normalized spacial score (nSPS) is 23.8. The van der Waals surface area contributed by atoms with Gasteiger partial charge in [-0.1, -0.05) is 41.5 Å². The molecule has 0 aliphatic carbocycles. The molecule has 1 aliphatic heterocycles. The van der Waals surface area contributed by atoms with Crippen molar-refractivity contribution in [3.05, 3.63) is 24.0 Å². The number of fused-ring (bicyclic) bond motifs is 1. The van der Waals surface area contributed by atoms with Crippen molar-refractivity contribution in [3.8, 4) is 0 Å². The van der Waals surface area contributed by atoms with E-state index in [0.29, 0.717) is 0 Å². The number of nitrogens with zero attached hydrogens (tertiary/aromatic N) is 1. The summed E-state index contributed by atoms with van der Waals surface area (Å²) in [5.74, 6) is 0. The molecule has 0 bridgehead atoms. The standard InChI is InChI=1S/C15H26N2/c1-13(2,3)15(14(4,5)6)11(16)10-17-9-7-8-12(15)17/h7-9,11H,10,16H2,1-6H3. The third-order valence-electron chi connectivity index (χ3n) is 4.55. The minimum absolute atomic E-state index is 0.0312. The van der Waals surface area contributed by atoms with Crippen molar-refractivity contribution in [3.63, 3.8) is 0 Å². The molecule has 1 atom stereocenters. The van der Waals surface area contributed by atoms with Gasteiger partial charge in [0.1, 0.15) is 0 Å². The third kappa shape index (κ3) is 1.43. The Labute approximate surface area is 105 Å². The highest BCUT2D eigenvalue weighted by atomic mass is 15.1. The summed E-state index contributed by atoms with van der Waals surface area (Å²) in [6.07, 6.45) is 2.16. The van der Waals surface area contributed by atoms with Crippen LogP contribution in [-0.2, 0) is 12.0 Å². The smallest absolute Gasteiger partial charge is 0.0384 e. The Morgan fingerprint density at radius 2 is 1.71 bits per heavy atom. The summed E-state index contributed by atoms with van der Waals surface area (Å²) in [6, 6.07) is 4.59. The first kappa shape index (κ1) is 12.7. The SMILES string of the molecule is CC(C)(C)C1(C(C)(C)C)c2cccn2CC1N.